The van der Waals surface area contributed by atoms with E-state index in [0.29, 0.717) is 17.5 Å². The van der Waals surface area contributed by atoms with Crippen LogP contribution >= 0.6 is 0 Å². The minimum Gasteiger partial charge on any atom is -0.478 e. The zero-order valence-electron chi connectivity index (χ0n) is 16.3. The van der Waals surface area contributed by atoms with Crippen LogP contribution in [0.2, 0.25) is 0 Å². The summed E-state index contributed by atoms with van der Waals surface area (Å²) in [6.45, 7) is 0. The van der Waals surface area contributed by atoms with Gasteiger partial charge in [0.1, 0.15) is 11.6 Å². The van der Waals surface area contributed by atoms with Crippen LogP contribution in [0.3, 0.4) is 0 Å². The number of nitrogens with one attached hydrogen (secondary N) is 1. The Hall–Kier alpha value is -3.73. The summed E-state index contributed by atoms with van der Waals surface area (Å²) in [5.74, 6) is -0.252. The van der Waals surface area contributed by atoms with Crippen LogP contribution in [0.5, 0.6) is 0 Å². The van der Waals surface area contributed by atoms with Gasteiger partial charge in [0.05, 0.1) is 5.56 Å². The van der Waals surface area contributed by atoms with Crippen LogP contribution in [0.1, 0.15) is 33.0 Å². The zero-order valence-corrected chi connectivity index (χ0v) is 16.3. The van der Waals surface area contributed by atoms with Gasteiger partial charge in [-0.2, -0.15) is 0 Å². The number of aromatic carboxylic acids is 1. The highest BCUT2D eigenvalue weighted by Crippen LogP contribution is 2.24. The van der Waals surface area contributed by atoms with Gasteiger partial charge >= 0.3 is 5.97 Å². The second kappa shape index (κ2) is 8.74. The van der Waals surface area contributed by atoms with E-state index in [1.807, 2.05) is 42.6 Å². The summed E-state index contributed by atoms with van der Waals surface area (Å²) in [6.07, 6.45) is 4.11. The normalized spacial score (nSPS) is 10.8. The molecule has 0 atom stereocenters. The maximum atomic E-state index is 13.0. The summed E-state index contributed by atoms with van der Waals surface area (Å²) in [6, 6.07) is 21.5. The average molecular weight is 400 g/mol. The minimum absolute atomic E-state index is 0.235. The van der Waals surface area contributed by atoms with Gasteiger partial charge in [-0.25, -0.2) is 14.2 Å². The second-order valence-electron chi connectivity index (χ2n) is 7.21. The molecule has 4 nitrogen and oxygen atoms in total. The predicted octanol–water partition coefficient (Wildman–Crippen LogP) is 5.29. The molecule has 1 heterocycles. The van der Waals surface area contributed by atoms with Crippen molar-refractivity contribution in [2.24, 2.45) is 0 Å². The fourth-order valence-electron chi connectivity index (χ4n) is 3.48. The van der Waals surface area contributed by atoms with Crippen molar-refractivity contribution in [3.05, 3.63) is 113 Å². The number of carbonyl (C=O) groups is 1. The van der Waals surface area contributed by atoms with Crippen molar-refractivity contribution in [1.82, 2.24) is 9.97 Å². The zero-order chi connectivity index (χ0) is 20.9. The van der Waals surface area contributed by atoms with E-state index in [0.717, 1.165) is 41.1 Å². The highest BCUT2D eigenvalue weighted by molar-refractivity contribution is 5.95. The Bertz CT molecular complexity index is 1150. The van der Waals surface area contributed by atoms with E-state index >= 15 is 0 Å². The van der Waals surface area contributed by atoms with Crippen molar-refractivity contribution in [2.45, 2.75) is 19.3 Å². The molecule has 0 aliphatic heterocycles. The quantitative estimate of drug-likeness (QED) is 0.443. The van der Waals surface area contributed by atoms with E-state index in [9.17, 15) is 14.3 Å². The summed E-state index contributed by atoms with van der Waals surface area (Å²) < 4.78 is 13.0. The van der Waals surface area contributed by atoms with Gasteiger partial charge in [-0.15, -0.1) is 0 Å². The van der Waals surface area contributed by atoms with Crippen molar-refractivity contribution in [1.29, 1.82) is 0 Å². The molecule has 0 unspecified atom stereocenters. The van der Waals surface area contributed by atoms with E-state index < -0.39 is 5.97 Å². The van der Waals surface area contributed by atoms with Crippen molar-refractivity contribution < 1.29 is 14.3 Å². The third kappa shape index (κ3) is 4.63. The van der Waals surface area contributed by atoms with E-state index in [-0.39, 0.29) is 5.82 Å². The number of aromatic nitrogens is 2. The maximum Gasteiger partial charge on any atom is 0.336 e. The Kier molecular flexibility index (Phi) is 5.70. The number of H-pyrrole nitrogens is 1. The molecule has 150 valence electrons. The van der Waals surface area contributed by atoms with Crippen molar-refractivity contribution >= 4 is 5.97 Å². The van der Waals surface area contributed by atoms with Crippen LogP contribution in [0.4, 0.5) is 4.39 Å². The number of hydrogen-bond donors (Lipinski definition) is 2. The first-order chi connectivity index (χ1) is 14.6. The van der Waals surface area contributed by atoms with Gasteiger partial charge in [0.25, 0.3) is 0 Å². The van der Waals surface area contributed by atoms with Gasteiger partial charge in [-0.1, -0.05) is 54.6 Å². The summed E-state index contributed by atoms with van der Waals surface area (Å²) >= 11 is 0. The van der Waals surface area contributed by atoms with E-state index in [2.05, 4.69) is 9.97 Å². The molecule has 0 radical (unpaired) electrons. The second-order valence-corrected chi connectivity index (χ2v) is 7.21. The molecule has 5 heteroatoms. The highest BCUT2D eigenvalue weighted by Gasteiger charge is 2.10. The van der Waals surface area contributed by atoms with Crippen LogP contribution in [-0.4, -0.2) is 21.0 Å². The average Bonchev–Trinajstić information content (AvgIpc) is 3.21. The smallest absolute Gasteiger partial charge is 0.336 e. The van der Waals surface area contributed by atoms with Crippen LogP contribution in [0.25, 0.3) is 11.1 Å². The third-order valence-corrected chi connectivity index (χ3v) is 5.06. The van der Waals surface area contributed by atoms with Gasteiger partial charge in [-0.05, 0) is 46.9 Å². The number of rotatable bonds is 7. The molecule has 3 aromatic carbocycles. The largest absolute Gasteiger partial charge is 0.478 e. The molecule has 0 aliphatic rings. The molecule has 0 amide bonds. The van der Waals surface area contributed by atoms with Crippen LogP contribution < -0.4 is 0 Å². The number of hydrogen-bond acceptors (Lipinski definition) is 2. The van der Waals surface area contributed by atoms with Crippen molar-refractivity contribution in [2.75, 3.05) is 0 Å². The van der Waals surface area contributed by atoms with Crippen LogP contribution in [0.15, 0.2) is 79.0 Å². The Balaban J connectivity index is 1.39. The summed E-state index contributed by atoms with van der Waals surface area (Å²) in [7, 11) is 0. The lowest BCUT2D eigenvalue weighted by Crippen LogP contribution is -1.99. The molecule has 4 rings (SSSR count). The number of aryl methyl sites for hydroxylation is 2. The number of benzene rings is 3. The van der Waals surface area contributed by atoms with Gasteiger partial charge < -0.3 is 10.1 Å². The standard InChI is InChI=1S/C25H21FN2O2/c26-20-12-7-18(8-13-20)15-21-16-27-24(28-21)14-9-17-5-10-19(11-6-17)22-3-1-2-4-23(22)25(29)30/h1-8,10-13,16H,9,14-15H2,(H,27,28)(H,29,30). The Morgan fingerprint density at radius 1 is 0.900 bits per heavy atom. The third-order valence-electron chi connectivity index (χ3n) is 5.06. The molecular weight excluding hydrogens is 379 g/mol. The number of nitrogens with zero attached hydrogens (tertiary/aromatic N) is 1. The summed E-state index contributed by atoms with van der Waals surface area (Å²) in [5.41, 5.74) is 5.09. The molecule has 0 saturated heterocycles. The minimum atomic E-state index is -0.927. The monoisotopic (exact) mass is 400 g/mol. The molecule has 0 bridgehead atoms. The van der Waals surface area contributed by atoms with Crippen LogP contribution in [0, 0.1) is 5.82 Å². The number of carboxylic acid groups (broad SMARTS) is 1. The maximum absolute atomic E-state index is 13.0. The lowest BCUT2D eigenvalue weighted by Gasteiger charge is -2.07. The Morgan fingerprint density at radius 2 is 1.60 bits per heavy atom. The van der Waals surface area contributed by atoms with E-state index in [1.165, 1.54) is 12.1 Å². The van der Waals surface area contributed by atoms with Crippen LogP contribution in [-0.2, 0) is 19.3 Å². The molecule has 0 fully saturated rings. The fraction of sp³-hybridized carbons (Fsp3) is 0.120. The molecule has 1 aromatic heterocycles. The van der Waals surface area contributed by atoms with Gasteiger partial charge in [0.15, 0.2) is 0 Å². The first-order valence-corrected chi connectivity index (χ1v) is 9.77. The predicted molar refractivity (Wildman–Crippen MR) is 114 cm³/mol. The molecule has 0 spiro atoms. The molecule has 4 aromatic rings. The Labute approximate surface area is 174 Å². The van der Waals surface area contributed by atoms with Gasteiger partial charge in [-0.3, -0.25) is 0 Å². The highest BCUT2D eigenvalue weighted by atomic mass is 19.1. The first kappa shape index (κ1) is 19.6. The number of imidazole rings is 1. The number of carboxylic acids is 1. The van der Waals surface area contributed by atoms with E-state index in [1.54, 1.807) is 24.3 Å². The number of aromatic amines is 1. The fourth-order valence-corrected chi connectivity index (χ4v) is 3.48. The number of halogens is 1. The topological polar surface area (TPSA) is 66.0 Å². The van der Waals surface area contributed by atoms with Crippen molar-refractivity contribution in [3.63, 3.8) is 0 Å². The lowest BCUT2D eigenvalue weighted by molar-refractivity contribution is 0.0697. The summed E-state index contributed by atoms with van der Waals surface area (Å²) in [4.78, 5) is 19.2. The molecule has 2 N–H and O–H groups in total. The molecule has 0 aliphatic carbocycles. The van der Waals surface area contributed by atoms with Gasteiger partial charge in [0.2, 0.25) is 0 Å². The Morgan fingerprint density at radius 3 is 2.33 bits per heavy atom. The molecule has 30 heavy (non-hydrogen) atoms. The lowest BCUT2D eigenvalue weighted by atomic mass is 9.98. The SMILES string of the molecule is O=C(O)c1ccccc1-c1ccc(CCc2ncc(Cc3ccc(F)cc3)[nH]2)cc1. The van der Waals surface area contributed by atoms with E-state index in [4.69, 9.17) is 0 Å². The summed E-state index contributed by atoms with van der Waals surface area (Å²) in [5, 5.41) is 9.37. The van der Waals surface area contributed by atoms with Crippen molar-refractivity contribution in [3.8, 4) is 11.1 Å². The molecular formula is C25H21FN2O2. The first-order valence-electron chi connectivity index (χ1n) is 9.77. The molecule has 0 saturated carbocycles. The van der Waals surface area contributed by atoms with Gasteiger partial charge in [0, 0.05) is 24.7 Å².